The molecule has 4 aliphatic heterocycles. The van der Waals surface area contributed by atoms with Crippen LogP contribution in [0.5, 0.6) is 0 Å². The Bertz CT molecular complexity index is 1680. The van der Waals surface area contributed by atoms with Gasteiger partial charge in [-0.3, -0.25) is 24.0 Å². The molecule has 0 unspecified atom stereocenters. The molecule has 0 bridgehead atoms. The Balaban J connectivity index is 1.20. The summed E-state index contributed by atoms with van der Waals surface area (Å²) >= 11 is 3.37. The average Bonchev–Trinajstić information content (AvgIpc) is 3.46. The zero-order valence-corrected chi connectivity index (χ0v) is 33.7. The standard InChI is InChI=1S/C43H55N3O7S2/c1-28(47)35-15-9-17-38-45(35)41(50)33(21-23-54-38)27-37(48)31(25-29-11-5-3-6-12-29)19-20-32(26-30-13-7-4-8-14-30)40(49)44-34-22-24-55-39-18-10-16-36(43(52)53-2)46(39)42(34)51/h3-8,11-14,31-36,38-39H,9-10,15-27H2,1-2H3,(H,44,49)/t31-,32-,33-,34+,35+,36+,38+,39+/m1/s1. The van der Waals surface area contributed by atoms with Crippen LogP contribution in [-0.4, -0.2) is 92.5 Å². The summed E-state index contributed by atoms with van der Waals surface area (Å²) in [6, 6.07) is 17.7. The number of hydrogen-bond donors (Lipinski definition) is 1. The normalized spacial score (nSPS) is 26.7. The maximum atomic E-state index is 14.4. The van der Waals surface area contributed by atoms with Crippen LogP contribution in [0.25, 0.3) is 0 Å². The van der Waals surface area contributed by atoms with E-state index in [1.54, 1.807) is 40.2 Å². The highest BCUT2D eigenvalue weighted by Gasteiger charge is 2.45. The number of fused-ring (bicyclic) bond motifs is 2. The summed E-state index contributed by atoms with van der Waals surface area (Å²) in [5.74, 6) is -1.01. The van der Waals surface area contributed by atoms with Gasteiger partial charge >= 0.3 is 5.97 Å². The Labute approximate surface area is 333 Å². The molecule has 0 aliphatic carbocycles. The Morgan fingerprint density at radius 2 is 1.27 bits per heavy atom. The fourth-order valence-electron chi connectivity index (χ4n) is 8.84. The smallest absolute Gasteiger partial charge is 0.328 e. The van der Waals surface area contributed by atoms with Gasteiger partial charge in [0.15, 0.2) is 5.78 Å². The van der Waals surface area contributed by atoms with E-state index in [9.17, 15) is 28.8 Å². The van der Waals surface area contributed by atoms with Crippen LogP contribution in [0.4, 0.5) is 0 Å². The molecule has 4 heterocycles. The number of esters is 1. The van der Waals surface area contributed by atoms with Crippen molar-refractivity contribution in [2.45, 2.75) is 119 Å². The molecule has 0 radical (unpaired) electrons. The third-order valence-electron chi connectivity index (χ3n) is 11.8. The molecule has 0 spiro atoms. The molecule has 4 aliphatic rings. The fraction of sp³-hybridized carbons (Fsp3) is 0.581. The number of piperidine rings is 2. The second-order valence-corrected chi connectivity index (χ2v) is 18.1. The lowest BCUT2D eigenvalue weighted by Gasteiger charge is -2.40. The van der Waals surface area contributed by atoms with Crippen molar-refractivity contribution in [2.75, 3.05) is 18.6 Å². The summed E-state index contributed by atoms with van der Waals surface area (Å²) in [5.41, 5.74) is 1.99. The highest BCUT2D eigenvalue weighted by atomic mass is 32.2. The minimum absolute atomic E-state index is 0.00125. The van der Waals surface area contributed by atoms with Crippen molar-refractivity contribution in [2.24, 2.45) is 17.8 Å². The van der Waals surface area contributed by atoms with E-state index in [0.717, 1.165) is 42.6 Å². The van der Waals surface area contributed by atoms with Gasteiger partial charge in [0.2, 0.25) is 17.7 Å². The van der Waals surface area contributed by atoms with Crippen LogP contribution >= 0.6 is 23.5 Å². The maximum absolute atomic E-state index is 14.4. The summed E-state index contributed by atoms with van der Waals surface area (Å²) in [7, 11) is 1.34. The third-order valence-corrected chi connectivity index (χ3v) is 14.5. The van der Waals surface area contributed by atoms with Crippen molar-refractivity contribution in [1.29, 1.82) is 0 Å². The molecule has 0 saturated carbocycles. The van der Waals surface area contributed by atoms with Gasteiger partial charge in [-0.05, 0) is 107 Å². The van der Waals surface area contributed by atoms with E-state index >= 15 is 0 Å². The van der Waals surface area contributed by atoms with Gasteiger partial charge in [0.1, 0.15) is 17.9 Å². The minimum atomic E-state index is -0.771. The summed E-state index contributed by atoms with van der Waals surface area (Å²) in [6.07, 6.45) is 7.50. The molecule has 1 N–H and O–H groups in total. The number of carbonyl (C=O) groups excluding carboxylic acids is 6. The van der Waals surface area contributed by atoms with E-state index in [1.807, 2.05) is 60.7 Å². The second kappa shape index (κ2) is 19.5. The van der Waals surface area contributed by atoms with E-state index < -0.39 is 41.8 Å². The van der Waals surface area contributed by atoms with Crippen molar-refractivity contribution in [3.63, 3.8) is 0 Å². The number of carbonyl (C=O) groups is 6. The van der Waals surface area contributed by atoms with E-state index in [1.165, 1.54) is 7.11 Å². The van der Waals surface area contributed by atoms with E-state index in [2.05, 4.69) is 5.32 Å². The van der Waals surface area contributed by atoms with Crippen molar-refractivity contribution in [3.8, 4) is 0 Å². The van der Waals surface area contributed by atoms with Crippen LogP contribution in [-0.2, 0) is 46.3 Å². The Morgan fingerprint density at radius 1 is 0.727 bits per heavy atom. The highest BCUT2D eigenvalue weighted by molar-refractivity contribution is 8.00. The maximum Gasteiger partial charge on any atom is 0.328 e. The van der Waals surface area contributed by atoms with Crippen molar-refractivity contribution in [1.82, 2.24) is 15.1 Å². The summed E-state index contributed by atoms with van der Waals surface area (Å²) < 4.78 is 5.07. The number of ketones is 2. The largest absolute Gasteiger partial charge is 0.467 e. The van der Waals surface area contributed by atoms with Gasteiger partial charge in [-0.1, -0.05) is 60.7 Å². The minimum Gasteiger partial charge on any atom is -0.467 e. The van der Waals surface area contributed by atoms with Gasteiger partial charge in [0.05, 0.1) is 23.9 Å². The first-order valence-corrected chi connectivity index (χ1v) is 22.1. The lowest BCUT2D eigenvalue weighted by atomic mass is 9.82. The van der Waals surface area contributed by atoms with Crippen molar-refractivity contribution in [3.05, 3.63) is 71.8 Å². The van der Waals surface area contributed by atoms with Gasteiger partial charge in [0, 0.05) is 24.2 Å². The lowest BCUT2D eigenvalue weighted by molar-refractivity contribution is -0.156. The molecule has 12 heteroatoms. The first-order chi connectivity index (χ1) is 26.6. The molecule has 0 aromatic heterocycles. The number of rotatable bonds is 14. The van der Waals surface area contributed by atoms with E-state index in [-0.39, 0.29) is 46.5 Å². The quantitative estimate of drug-likeness (QED) is 0.230. The number of Topliss-reactive ketones (excluding diaryl/α,β-unsaturated/α-hetero) is 2. The SMILES string of the molecule is COC(=O)[C@@H]1CCC[C@@H]2SCC[C@H](NC(=O)[C@H](CC[C@H](Cc3ccccc3)C(=O)C[C@H]3CCS[C@H]4CCC[C@@H](C(C)=O)N4C3=O)Cc3ccccc3)C(=O)N21. The zero-order chi connectivity index (χ0) is 38.9. The predicted molar refractivity (Wildman–Crippen MR) is 215 cm³/mol. The van der Waals surface area contributed by atoms with Gasteiger partial charge in [-0.25, -0.2) is 4.79 Å². The number of nitrogens with one attached hydrogen (secondary N) is 1. The summed E-state index contributed by atoms with van der Waals surface area (Å²) in [6.45, 7) is 1.56. The second-order valence-electron chi connectivity index (χ2n) is 15.5. The molecule has 6 rings (SSSR count). The molecule has 2 aromatic carbocycles. The van der Waals surface area contributed by atoms with Gasteiger partial charge in [-0.2, -0.15) is 0 Å². The number of ether oxygens (including phenoxy) is 1. The Hall–Kier alpha value is -3.64. The summed E-state index contributed by atoms with van der Waals surface area (Å²) in [5, 5.41) is 2.94. The molecule has 4 fully saturated rings. The molecule has 8 atom stereocenters. The molecular formula is C43H55N3O7S2. The molecule has 3 amide bonds. The van der Waals surface area contributed by atoms with Crippen LogP contribution in [0.2, 0.25) is 0 Å². The molecule has 10 nitrogen and oxygen atoms in total. The molecule has 4 saturated heterocycles. The molecule has 296 valence electrons. The molecule has 55 heavy (non-hydrogen) atoms. The number of benzene rings is 2. The zero-order valence-electron chi connectivity index (χ0n) is 32.1. The first kappa shape index (κ1) is 41.0. The van der Waals surface area contributed by atoms with Gasteiger partial charge < -0.3 is 19.9 Å². The van der Waals surface area contributed by atoms with Gasteiger partial charge in [0.25, 0.3) is 0 Å². The predicted octanol–water partition coefficient (Wildman–Crippen LogP) is 5.99. The molecular weight excluding hydrogens is 735 g/mol. The van der Waals surface area contributed by atoms with Crippen LogP contribution in [0, 0.1) is 17.8 Å². The van der Waals surface area contributed by atoms with Crippen LogP contribution < -0.4 is 5.32 Å². The number of amides is 3. The lowest BCUT2D eigenvalue weighted by Crippen LogP contribution is -2.57. The number of hydrogen-bond acceptors (Lipinski definition) is 9. The van der Waals surface area contributed by atoms with Crippen LogP contribution in [0.1, 0.15) is 88.7 Å². The van der Waals surface area contributed by atoms with Gasteiger partial charge in [-0.15, -0.1) is 23.5 Å². The van der Waals surface area contributed by atoms with Crippen LogP contribution in [0.3, 0.4) is 0 Å². The number of nitrogens with zero attached hydrogens (tertiary/aromatic N) is 2. The molecule has 2 aromatic rings. The van der Waals surface area contributed by atoms with E-state index in [4.69, 9.17) is 4.74 Å². The Kier molecular flexibility index (Phi) is 14.5. The van der Waals surface area contributed by atoms with E-state index in [0.29, 0.717) is 57.1 Å². The fourth-order valence-corrected chi connectivity index (χ4v) is 11.7. The van der Waals surface area contributed by atoms with Crippen molar-refractivity contribution >= 4 is 58.8 Å². The summed E-state index contributed by atoms with van der Waals surface area (Å²) in [4.78, 5) is 85.7. The Morgan fingerprint density at radius 3 is 1.87 bits per heavy atom. The number of thioether (sulfide) groups is 2. The average molecular weight is 790 g/mol. The third kappa shape index (κ3) is 10.2. The monoisotopic (exact) mass is 789 g/mol. The number of methoxy groups -OCH3 is 1. The topological polar surface area (TPSA) is 130 Å². The van der Waals surface area contributed by atoms with Crippen molar-refractivity contribution < 1.29 is 33.5 Å². The first-order valence-electron chi connectivity index (χ1n) is 20.0. The highest BCUT2D eigenvalue weighted by Crippen LogP contribution is 2.38. The van der Waals surface area contributed by atoms with Crippen LogP contribution in [0.15, 0.2) is 60.7 Å².